The number of aryl methyl sites for hydroxylation is 2. The Morgan fingerprint density at radius 2 is 1.93 bits per heavy atom. The van der Waals surface area contributed by atoms with Crippen LogP contribution in [-0.4, -0.2) is 41.1 Å². The lowest BCUT2D eigenvalue weighted by Crippen LogP contribution is -2.26. The third-order valence-corrected chi connectivity index (χ3v) is 4.20. The average molecular weight is 376 g/mol. The number of carbonyl (C=O) groups excluding carboxylic acids is 1. The summed E-state index contributed by atoms with van der Waals surface area (Å²) in [4.78, 5) is 24.7. The Labute approximate surface area is 158 Å². The number of fused-ring (bicyclic) bond motifs is 1. The summed E-state index contributed by atoms with van der Waals surface area (Å²) in [5, 5.41) is 22.6. The minimum atomic E-state index is -0.268. The number of amides is 1. The predicted molar refractivity (Wildman–Crippen MR) is 101 cm³/mol. The van der Waals surface area contributed by atoms with Crippen molar-refractivity contribution < 1.29 is 4.79 Å². The maximum atomic E-state index is 12.4. The highest BCUT2D eigenvalue weighted by molar-refractivity contribution is 5.91. The summed E-state index contributed by atoms with van der Waals surface area (Å²) in [6.45, 7) is 0.134. The number of carbonyl (C=O) groups is 1. The van der Waals surface area contributed by atoms with Crippen LogP contribution in [0.1, 0.15) is 6.42 Å². The molecule has 2 aromatic carbocycles. The molecule has 0 aliphatic heterocycles. The van der Waals surface area contributed by atoms with Crippen LogP contribution in [0, 0.1) is 0 Å². The van der Waals surface area contributed by atoms with E-state index in [1.54, 1.807) is 54.2 Å². The highest BCUT2D eigenvalue weighted by Crippen LogP contribution is 2.19. The van der Waals surface area contributed by atoms with Gasteiger partial charge in [-0.1, -0.05) is 29.5 Å². The Morgan fingerprint density at radius 1 is 1.07 bits per heavy atom. The highest BCUT2D eigenvalue weighted by atomic mass is 16.2. The van der Waals surface area contributed by atoms with Crippen molar-refractivity contribution in [2.45, 2.75) is 13.0 Å². The largest absolute Gasteiger partial charge is 0.326 e. The summed E-state index contributed by atoms with van der Waals surface area (Å²) in [5.41, 5.74) is 1.66. The molecule has 2 aromatic heterocycles. The molecule has 28 heavy (non-hydrogen) atoms. The van der Waals surface area contributed by atoms with Crippen LogP contribution in [-0.2, 0) is 18.4 Å². The summed E-state index contributed by atoms with van der Waals surface area (Å²) < 4.78 is 2.75. The molecule has 0 spiro atoms. The first-order valence-corrected chi connectivity index (χ1v) is 8.57. The fraction of sp³-hybridized carbons (Fsp3) is 0.167. The van der Waals surface area contributed by atoms with Crippen molar-refractivity contribution in [1.29, 1.82) is 0 Å². The van der Waals surface area contributed by atoms with Gasteiger partial charge >= 0.3 is 0 Å². The van der Waals surface area contributed by atoms with Crippen molar-refractivity contribution >= 4 is 22.5 Å². The Balaban J connectivity index is 1.45. The molecule has 0 aliphatic carbocycles. The second kappa shape index (κ2) is 7.35. The number of aromatic nitrogens is 7. The van der Waals surface area contributed by atoms with Crippen molar-refractivity contribution in [3.63, 3.8) is 0 Å². The van der Waals surface area contributed by atoms with Gasteiger partial charge < -0.3 is 5.32 Å². The van der Waals surface area contributed by atoms with Gasteiger partial charge in [-0.25, -0.2) is 9.36 Å². The molecule has 0 bridgehead atoms. The topological polar surface area (TPSA) is 120 Å². The van der Waals surface area contributed by atoms with E-state index in [2.05, 4.69) is 31.2 Å². The summed E-state index contributed by atoms with van der Waals surface area (Å²) in [6, 6.07) is 14.2. The Bertz CT molecular complexity index is 1210. The Kier molecular flexibility index (Phi) is 4.58. The number of nitrogens with one attached hydrogen (secondary N) is 1. The van der Waals surface area contributed by atoms with E-state index in [1.165, 1.54) is 4.68 Å². The zero-order valence-electron chi connectivity index (χ0n) is 15.0. The molecule has 0 fully saturated rings. The van der Waals surface area contributed by atoms with E-state index in [-0.39, 0.29) is 24.4 Å². The smallest absolute Gasteiger partial charge is 0.277 e. The zero-order chi connectivity index (χ0) is 19.5. The lowest BCUT2D eigenvalue weighted by molar-refractivity contribution is -0.116. The van der Waals surface area contributed by atoms with E-state index in [0.29, 0.717) is 22.4 Å². The molecule has 0 saturated heterocycles. The molecular weight excluding hydrogens is 360 g/mol. The average Bonchev–Trinajstić information content (AvgIpc) is 3.14. The summed E-state index contributed by atoms with van der Waals surface area (Å²) in [5.74, 6) is 0.351. The third kappa shape index (κ3) is 3.47. The molecule has 0 unspecified atom stereocenters. The Morgan fingerprint density at radius 3 is 2.75 bits per heavy atom. The quantitative estimate of drug-likeness (QED) is 0.552. The summed E-state index contributed by atoms with van der Waals surface area (Å²) in [7, 11) is 1.74. The lowest BCUT2D eigenvalue weighted by Gasteiger charge is -2.08. The SMILES string of the molecule is Cn1nnnc1-c1cccc(NC(=O)CCn2nnc3ccccc3c2=O)c1. The maximum absolute atomic E-state index is 12.4. The monoisotopic (exact) mass is 376 g/mol. The first-order valence-electron chi connectivity index (χ1n) is 8.57. The van der Waals surface area contributed by atoms with E-state index in [9.17, 15) is 9.59 Å². The van der Waals surface area contributed by atoms with Gasteiger partial charge in [-0.3, -0.25) is 9.59 Å². The molecule has 4 rings (SSSR count). The molecule has 0 saturated carbocycles. The van der Waals surface area contributed by atoms with Gasteiger partial charge in [-0.2, -0.15) is 0 Å². The third-order valence-electron chi connectivity index (χ3n) is 4.20. The van der Waals surface area contributed by atoms with Gasteiger partial charge in [0.15, 0.2) is 5.82 Å². The van der Waals surface area contributed by atoms with Gasteiger partial charge in [-0.05, 0) is 34.7 Å². The number of rotatable bonds is 5. The molecule has 10 heteroatoms. The molecule has 0 atom stereocenters. The maximum Gasteiger partial charge on any atom is 0.277 e. The number of hydrogen-bond acceptors (Lipinski definition) is 7. The molecule has 0 radical (unpaired) electrons. The van der Waals surface area contributed by atoms with Gasteiger partial charge in [0.05, 0.1) is 11.9 Å². The summed E-state index contributed by atoms with van der Waals surface area (Å²) >= 11 is 0. The van der Waals surface area contributed by atoms with Gasteiger partial charge in [-0.15, -0.1) is 10.2 Å². The van der Waals surface area contributed by atoms with E-state index < -0.39 is 0 Å². The number of nitrogens with zero attached hydrogens (tertiary/aromatic N) is 7. The minimum Gasteiger partial charge on any atom is -0.326 e. The van der Waals surface area contributed by atoms with Crippen LogP contribution < -0.4 is 10.9 Å². The van der Waals surface area contributed by atoms with Crippen LogP contribution in [0.25, 0.3) is 22.3 Å². The molecule has 10 nitrogen and oxygen atoms in total. The Hall–Kier alpha value is -3.95. The normalized spacial score (nSPS) is 10.9. The molecular formula is C18H16N8O2. The zero-order valence-corrected chi connectivity index (χ0v) is 15.0. The number of benzene rings is 2. The van der Waals surface area contributed by atoms with Crippen LogP contribution in [0.5, 0.6) is 0 Å². The van der Waals surface area contributed by atoms with E-state index in [0.717, 1.165) is 5.56 Å². The fourth-order valence-electron chi connectivity index (χ4n) is 2.81. The predicted octanol–water partition coefficient (Wildman–Crippen LogP) is 1.01. The molecule has 1 amide bonds. The number of tetrazole rings is 1. The van der Waals surface area contributed by atoms with Crippen LogP contribution >= 0.6 is 0 Å². The first-order chi connectivity index (χ1) is 13.6. The van der Waals surface area contributed by atoms with Crippen molar-refractivity contribution in [2.24, 2.45) is 7.05 Å². The van der Waals surface area contributed by atoms with Gasteiger partial charge in [0, 0.05) is 24.7 Å². The molecule has 1 N–H and O–H groups in total. The van der Waals surface area contributed by atoms with Crippen molar-refractivity contribution in [2.75, 3.05) is 5.32 Å². The van der Waals surface area contributed by atoms with Crippen molar-refractivity contribution in [3.05, 3.63) is 58.9 Å². The van der Waals surface area contributed by atoms with Gasteiger partial charge in [0.25, 0.3) is 5.56 Å². The second-order valence-corrected chi connectivity index (χ2v) is 6.14. The van der Waals surface area contributed by atoms with Crippen LogP contribution in [0.15, 0.2) is 53.3 Å². The van der Waals surface area contributed by atoms with E-state index in [1.807, 2.05) is 6.07 Å². The van der Waals surface area contributed by atoms with Gasteiger partial charge in [0.2, 0.25) is 5.91 Å². The second-order valence-electron chi connectivity index (χ2n) is 6.14. The van der Waals surface area contributed by atoms with E-state index >= 15 is 0 Å². The fourth-order valence-corrected chi connectivity index (χ4v) is 2.81. The lowest BCUT2D eigenvalue weighted by atomic mass is 10.2. The van der Waals surface area contributed by atoms with E-state index in [4.69, 9.17) is 0 Å². The number of anilines is 1. The van der Waals surface area contributed by atoms with Crippen LogP contribution in [0.4, 0.5) is 5.69 Å². The number of hydrogen-bond donors (Lipinski definition) is 1. The van der Waals surface area contributed by atoms with Crippen LogP contribution in [0.2, 0.25) is 0 Å². The van der Waals surface area contributed by atoms with Crippen LogP contribution in [0.3, 0.4) is 0 Å². The standard InChI is InChI=1S/C18H16N8O2/c1-25-17(21-22-24-25)12-5-4-6-13(11-12)19-16(27)9-10-26-18(28)14-7-2-3-8-15(14)20-23-26/h2-8,11H,9-10H2,1H3,(H,19,27). The first kappa shape index (κ1) is 17.5. The minimum absolute atomic E-state index is 0.0860. The summed E-state index contributed by atoms with van der Waals surface area (Å²) in [6.07, 6.45) is 0.0860. The van der Waals surface area contributed by atoms with Crippen molar-refractivity contribution in [3.8, 4) is 11.4 Å². The highest BCUT2D eigenvalue weighted by Gasteiger charge is 2.10. The molecule has 140 valence electrons. The van der Waals surface area contributed by atoms with Gasteiger partial charge in [0.1, 0.15) is 5.52 Å². The van der Waals surface area contributed by atoms with Crippen molar-refractivity contribution in [1.82, 2.24) is 35.2 Å². The molecule has 4 aromatic rings. The molecule has 2 heterocycles. The molecule has 0 aliphatic rings.